The van der Waals surface area contributed by atoms with Gasteiger partial charge in [0, 0.05) is 11.6 Å². The van der Waals surface area contributed by atoms with Crippen LogP contribution in [0, 0.1) is 5.92 Å². The van der Waals surface area contributed by atoms with Crippen LogP contribution >= 0.6 is 0 Å². The fourth-order valence-electron chi connectivity index (χ4n) is 1.99. The van der Waals surface area contributed by atoms with Crippen molar-refractivity contribution in [2.75, 3.05) is 11.6 Å². The van der Waals surface area contributed by atoms with E-state index in [2.05, 4.69) is 19.9 Å². The van der Waals surface area contributed by atoms with Crippen LogP contribution in [0.25, 0.3) is 10.9 Å². The molecule has 0 bridgehead atoms. The highest BCUT2D eigenvalue weighted by Crippen LogP contribution is 2.24. The number of aromatic nitrogens is 1. The molecule has 0 aliphatic carbocycles. The highest BCUT2D eigenvalue weighted by Gasteiger charge is 2.06. The van der Waals surface area contributed by atoms with Crippen LogP contribution in [0.1, 0.15) is 19.4 Å². The van der Waals surface area contributed by atoms with Crippen molar-refractivity contribution in [3.63, 3.8) is 0 Å². The van der Waals surface area contributed by atoms with Crippen LogP contribution in [0.5, 0.6) is 0 Å². The molecule has 3 nitrogen and oxygen atoms in total. The van der Waals surface area contributed by atoms with Crippen molar-refractivity contribution < 1.29 is 0 Å². The average Bonchev–Trinajstić information content (AvgIpc) is 2.46. The van der Waals surface area contributed by atoms with E-state index in [1.807, 2.05) is 18.3 Å². The third-order valence-corrected chi connectivity index (χ3v) is 2.55. The molecular weight excluding hydrogens is 186 g/mol. The number of nitrogens with two attached hydrogens (primary N) is 2. The first-order valence-electron chi connectivity index (χ1n) is 5.22. The molecule has 4 N–H and O–H groups in total. The minimum atomic E-state index is 0.641. The van der Waals surface area contributed by atoms with E-state index in [0.29, 0.717) is 5.92 Å². The van der Waals surface area contributed by atoms with Crippen molar-refractivity contribution in [1.82, 2.24) is 4.68 Å². The Bertz CT molecular complexity index is 483. The fourth-order valence-corrected chi connectivity index (χ4v) is 1.99. The van der Waals surface area contributed by atoms with E-state index in [1.54, 1.807) is 4.68 Å². The van der Waals surface area contributed by atoms with Gasteiger partial charge in [0.15, 0.2) is 0 Å². The van der Waals surface area contributed by atoms with Gasteiger partial charge in [-0.15, -0.1) is 0 Å². The number of nitrogens with zero attached hydrogens (tertiary/aromatic N) is 1. The predicted molar refractivity (Wildman–Crippen MR) is 65.0 cm³/mol. The predicted octanol–water partition coefficient (Wildman–Crippen LogP) is 2.14. The third kappa shape index (κ3) is 1.77. The van der Waals surface area contributed by atoms with Gasteiger partial charge < -0.3 is 11.6 Å². The zero-order chi connectivity index (χ0) is 11.0. The molecule has 80 valence electrons. The monoisotopic (exact) mass is 203 g/mol. The lowest BCUT2D eigenvalue weighted by atomic mass is 10.0. The summed E-state index contributed by atoms with van der Waals surface area (Å²) in [5.41, 5.74) is 8.93. The Morgan fingerprint density at radius 3 is 2.73 bits per heavy atom. The highest BCUT2D eigenvalue weighted by atomic mass is 15.3. The Labute approximate surface area is 89.6 Å². The minimum absolute atomic E-state index is 0.641. The quantitative estimate of drug-likeness (QED) is 0.580. The summed E-state index contributed by atoms with van der Waals surface area (Å²) in [7, 11) is 0. The maximum absolute atomic E-state index is 5.98. The molecule has 1 heterocycles. The second kappa shape index (κ2) is 3.50. The first kappa shape index (κ1) is 9.90. The number of hydrogen-bond donors (Lipinski definition) is 2. The van der Waals surface area contributed by atoms with E-state index < -0.39 is 0 Å². The molecule has 1 aromatic carbocycles. The zero-order valence-corrected chi connectivity index (χ0v) is 9.20. The number of nitrogen functional groups attached to an aromatic ring is 2. The second-order valence-corrected chi connectivity index (χ2v) is 4.44. The summed E-state index contributed by atoms with van der Waals surface area (Å²) in [5.74, 6) is 6.41. The molecular formula is C12H17N3. The summed E-state index contributed by atoms with van der Waals surface area (Å²) < 4.78 is 1.57. The Balaban J connectivity index is 2.53. The molecule has 0 saturated heterocycles. The van der Waals surface area contributed by atoms with Crippen LogP contribution in [0.4, 0.5) is 5.69 Å². The van der Waals surface area contributed by atoms with Crippen molar-refractivity contribution in [2.45, 2.75) is 20.3 Å². The number of hydrogen-bond acceptors (Lipinski definition) is 2. The molecule has 0 saturated carbocycles. The Morgan fingerprint density at radius 1 is 1.33 bits per heavy atom. The van der Waals surface area contributed by atoms with Crippen molar-refractivity contribution in [1.29, 1.82) is 0 Å². The summed E-state index contributed by atoms with van der Waals surface area (Å²) in [4.78, 5) is 0. The smallest absolute Gasteiger partial charge is 0.0919 e. The van der Waals surface area contributed by atoms with Gasteiger partial charge >= 0.3 is 0 Å². The maximum atomic E-state index is 5.98. The van der Waals surface area contributed by atoms with Crippen LogP contribution in [-0.2, 0) is 6.42 Å². The Hall–Kier alpha value is -1.64. The molecule has 2 rings (SSSR count). The summed E-state index contributed by atoms with van der Waals surface area (Å²) in [5, 5.41) is 1.12. The number of fused-ring (bicyclic) bond motifs is 1. The molecule has 2 aromatic rings. The van der Waals surface area contributed by atoms with E-state index in [4.69, 9.17) is 11.6 Å². The average molecular weight is 203 g/mol. The minimum Gasteiger partial charge on any atom is -0.397 e. The molecule has 0 atom stereocenters. The molecule has 0 amide bonds. The van der Waals surface area contributed by atoms with Crippen molar-refractivity contribution in [3.05, 3.63) is 30.0 Å². The van der Waals surface area contributed by atoms with E-state index >= 15 is 0 Å². The first-order valence-corrected chi connectivity index (χ1v) is 5.22. The van der Waals surface area contributed by atoms with Crippen molar-refractivity contribution >= 4 is 16.6 Å². The molecule has 0 spiro atoms. The van der Waals surface area contributed by atoms with Gasteiger partial charge in [0.1, 0.15) is 0 Å². The van der Waals surface area contributed by atoms with Gasteiger partial charge in [0.25, 0.3) is 0 Å². The topological polar surface area (TPSA) is 57.0 Å². The van der Waals surface area contributed by atoms with Gasteiger partial charge in [-0.25, -0.2) is 0 Å². The number of benzene rings is 1. The normalized spacial score (nSPS) is 11.4. The van der Waals surface area contributed by atoms with Crippen molar-refractivity contribution in [2.24, 2.45) is 5.92 Å². The molecule has 0 aliphatic heterocycles. The second-order valence-electron chi connectivity index (χ2n) is 4.44. The molecule has 0 radical (unpaired) electrons. The summed E-state index contributed by atoms with van der Waals surface area (Å²) >= 11 is 0. The summed E-state index contributed by atoms with van der Waals surface area (Å²) in [6.45, 7) is 4.41. The SMILES string of the molecule is CC(C)Cc1cc(N)c2c(ccn2N)c1. The van der Waals surface area contributed by atoms with Crippen LogP contribution in [0.2, 0.25) is 0 Å². The lowest BCUT2D eigenvalue weighted by Gasteiger charge is -2.08. The van der Waals surface area contributed by atoms with Gasteiger partial charge in [-0.1, -0.05) is 13.8 Å². The molecule has 15 heavy (non-hydrogen) atoms. The lowest BCUT2D eigenvalue weighted by molar-refractivity contribution is 0.648. The van der Waals surface area contributed by atoms with E-state index in [1.165, 1.54) is 5.56 Å². The Kier molecular flexibility index (Phi) is 2.31. The van der Waals surface area contributed by atoms with E-state index in [9.17, 15) is 0 Å². The molecule has 0 aliphatic rings. The van der Waals surface area contributed by atoms with Crippen LogP contribution in [0.15, 0.2) is 24.4 Å². The first-order chi connectivity index (χ1) is 7.08. The van der Waals surface area contributed by atoms with Gasteiger partial charge in [-0.3, -0.25) is 4.68 Å². The van der Waals surface area contributed by atoms with Gasteiger partial charge in [0.05, 0.1) is 11.2 Å². The van der Waals surface area contributed by atoms with Gasteiger partial charge in [0.2, 0.25) is 0 Å². The maximum Gasteiger partial charge on any atom is 0.0919 e. The van der Waals surface area contributed by atoms with Gasteiger partial charge in [-0.2, -0.15) is 0 Å². The summed E-state index contributed by atoms with van der Waals surface area (Å²) in [6, 6.07) is 6.18. The number of anilines is 1. The van der Waals surface area contributed by atoms with Crippen molar-refractivity contribution in [3.8, 4) is 0 Å². The fraction of sp³-hybridized carbons (Fsp3) is 0.333. The zero-order valence-electron chi connectivity index (χ0n) is 9.20. The van der Waals surface area contributed by atoms with Crippen LogP contribution in [0.3, 0.4) is 0 Å². The van der Waals surface area contributed by atoms with E-state index in [0.717, 1.165) is 23.0 Å². The van der Waals surface area contributed by atoms with Gasteiger partial charge in [-0.05, 0) is 36.1 Å². The molecule has 0 fully saturated rings. The number of rotatable bonds is 2. The molecule has 1 aromatic heterocycles. The molecule has 0 unspecified atom stereocenters. The standard InChI is InChI=1S/C12H17N3/c1-8(2)5-9-6-10-3-4-15(14)12(10)11(13)7-9/h3-4,6-8H,5,13-14H2,1-2H3. The molecule has 3 heteroatoms. The third-order valence-electron chi connectivity index (χ3n) is 2.55. The summed E-state index contributed by atoms with van der Waals surface area (Å²) in [6.07, 6.45) is 2.88. The lowest BCUT2D eigenvalue weighted by Crippen LogP contribution is -2.07. The van der Waals surface area contributed by atoms with E-state index in [-0.39, 0.29) is 0 Å². The Morgan fingerprint density at radius 2 is 2.07 bits per heavy atom. The largest absolute Gasteiger partial charge is 0.397 e. The highest BCUT2D eigenvalue weighted by molar-refractivity contribution is 5.91. The van der Waals surface area contributed by atoms with Crippen LogP contribution in [-0.4, -0.2) is 4.68 Å². The van der Waals surface area contributed by atoms with Crippen LogP contribution < -0.4 is 11.6 Å².